The molecule has 1 heterocycles. The van der Waals surface area contributed by atoms with E-state index in [0.717, 1.165) is 30.0 Å². The van der Waals surface area contributed by atoms with E-state index < -0.39 is 77.6 Å². The van der Waals surface area contributed by atoms with Crippen LogP contribution in [0.25, 0.3) is 0 Å². The van der Waals surface area contributed by atoms with Crippen LogP contribution in [-0.4, -0.2) is 63.1 Å². The third kappa shape index (κ3) is 5.14. The van der Waals surface area contributed by atoms with Gasteiger partial charge in [0.2, 0.25) is 0 Å². The number of ether oxygens (including phenoxy) is 1. The zero-order valence-corrected chi connectivity index (χ0v) is 20.1. The molecule has 0 aliphatic carbocycles. The minimum absolute atomic E-state index is 0.275. The Balaban J connectivity index is 2.52. The quantitative estimate of drug-likeness (QED) is 0.473. The SMILES string of the molecule is CCS(=O)(=O)C1(F)CCN(Cc2ccccc2N(C(=O)OCC(C)C)S(=O)(=O)C(F)(F)F)C1=O. The summed E-state index contributed by atoms with van der Waals surface area (Å²) in [5, 5.41) is -3.20. The highest BCUT2D eigenvalue weighted by molar-refractivity contribution is 7.94. The Labute approximate surface area is 194 Å². The molecule has 9 nitrogen and oxygen atoms in total. The molecular formula is C19H24F4N2O7S2. The van der Waals surface area contributed by atoms with Gasteiger partial charge in [-0.1, -0.05) is 39.0 Å². The van der Waals surface area contributed by atoms with Crippen LogP contribution in [0.1, 0.15) is 32.8 Å². The monoisotopic (exact) mass is 532 g/mol. The van der Waals surface area contributed by atoms with E-state index in [9.17, 15) is 39.6 Å². The number of halogens is 4. The third-order valence-electron chi connectivity index (χ3n) is 4.99. The van der Waals surface area contributed by atoms with Gasteiger partial charge in [-0.15, -0.1) is 0 Å². The predicted molar refractivity (Wildman–Crippen MR) is 113 cm³/mol. The maximum atomic E-state index is 15.0. The highest BCUT2D eigenvalue weighted by Gasteiger charge is 2.57. The average Bonchev–Trinajstić information content (AvgIpc) is 3.02. The number of benzene rings is 1. The second-order valence-electron chi connectivity index (χ2n) is 7.92. The van der Waals surface area contributed by atoms with Gasteiger partial charge in [0.15, 0.2) is 9.84 Å². The number of anilines is 1. The van der Waals surface area contributed by atoms with E-state index in [1.165, 1.54) is 6.07 Å². The molecule has 1 aliphatic heterocycles. The number of rotatable bonds is 8. The molecule has 1 atom stereocenters. The number of sulfone groups is 1. The van der Waals surface area contributed by atoms with Crippen molar-refractivity contribution in [2.75, 3.05) is 23.2 Å². The third-order valence-corrected chi connectivity index (χ3v) is 8.53. The van der Waals surface area contributed by atoms with Gasteiger partial charge in [-0.25, -0.2) is 17.6 Å². The smallest absolute Gasteiger partial charge is 0.448 e. The number of alkyl halides is 4. The Kier molecular flexibility index (Phi) is 7.92. The topological polar surface area (TPSA) is 118 Å². The molecule has 192 valence electrons. The molecule has 0 bridgehead atoms. The first-order chi connectivity index (χ1) is 15.5. The number of likely N-dealkylation sites (tertiary alicyclic amines) is 1. The Morgan fingerprint density at radius 2 is 1.79 bits per heavy atom. The standard InChI is InChI=1S/C19H24F4N2O7S2/c1-4-33(28,29)18(20)9-10-24(16(18)26)11-14-7-5-6-8-15(14)25(17(27)32-12-13(2)3)34(30,31)19(21,22)23/h5-8,13H,4,9-12H2,1-3H3. The van der Waals surface area contributed by atoms with Crippen LogP contribution in [0.2, 0.25) is 0 Å². The van der Waals surface area contributed by atoms with E-state index in [1.807, 2.05) is 0 Å². The van der Waals surface area contributed by atoms with Gasteiger partial charge < -0.3 is 9.64 Å². The van der Waals surface area contributed by atoms with Gasteiger partial charge in [-0.3, -0.25) is 4.79 Å². The highest BCUT2D eigenvalue weighted by Crippen LogP contribution is 2.37. The molecule has 0 aromatic heterocycles. The summed E-state index contributed by atoms with van der Waals surface area (Å²) in [7, 11) is -10.7. The molecular weight excluding hydrogens is 508 g/mol. The van der Waals surface area contributed by atoms with Gasteiger partial charge in [0.05, 0.1) is 18.0 Å². The summed E-state index contributed by atoms with van der Waals surface area (Å²) >= 11 is 0. The molecule has 0 saturated carbocycles. The molecule has 1 aromatic rings. The maximum Gasteiger partial charge on any atom is 0.517 e. The van der Waals surface area contributed by atoms with E-state index >= 15 is 4.39 Å². The molecule has 34 heavy (non-hydrogen) atoms. The van der Waals surface area contributed by atoms with Crippen molar-refractivity contribution in [3.8, 4) is 0 Å². The normalized spacial score (nSPS) is 19.5. The van der Waals surface area contributed by atoms with Crippen molar-refractivity contribution in [1.29, 1.82) is 0 Å². The van der Waals surface area contributed by atoms with Gasteiger partial charge in [0.25, 0.3) is 10.9 Å². The fourth-order valence-corrected chi connectivity index (χ4v) is 5.31. The van der Waals surface area contributed by atoms with Gasteiger partial charge >= 0.3 is 21.6 Å². The minimum atomic E-state index is -6.27. The number of hydrogen-bond donors (Lipinski definition) is 0. The number of carbonyl (C=O) groups excluding carboxylic acids is 2. The van der Waals surface area contributed by atoms with Crippen LogP contribution in [0, 0.1) is 5.92 Å². The van der Waals surface area contributed by atoms with Crippen molar-refractivity contribution in [1.82, 2.24) is 4.90 Å². The summed E-state index contributed by atoms with van der Waals surface area (Å²) in [5.74, 6) is -2.40. The summed E-state index contributed by atoms with van der Waals surface area (Å²) in [6, 6.07) is 4.47. The van der Waals surface area contributed by atoms with E-state index in [4.69, 9.17) is 4.74 Å². The van der Waals surface area contributed by atoms with Crippen LogP contribution in [0.5, 0.6) is 0 Å². The molecule has 1 fully saturated rings. The summed E-state index contributed by atoms with van der Waals surface area (Å²) < 4.78 is 108. The molecule has 0 radical (unpaired) electrons. The first-order valence-corrected chi connectivity index (χ1v) is 13.2. The first kappa shape index (κ1) is 27.8. The number of carbonyl (C=O) groups is 2. The molecule has 2 amide bonds. The van der Waals surface area contributed by atoms with Crippen LogP contribution in [0.15, 0.2) is 24.3 Å². The predicted octanol–water partition coefficient (Wildman–Crippen LogP) is 2.97. The maximum absolute atomic E-state index is 15.0. The van der Waals surface area contributed by atoms with Gasteiger partial charge in [0.1, 0.15) is 0 Å². The van der Waals surface area contributed by atoms with E-state index in [1.54, 1.807) is 13.8 Å². The second-order valence-corrected chi connectivity index (χ2v) is 12.2. The van der Waals surface area contributed by atoms with Crippen LogP contribution in [-0.2, 0) is 35.9 Å². The first-order valence-electron chi connectivity index (χ1n) is 10.1. The van der Waals surface area contributed by atoms with E-state index in [-0.39, 0.29) is 18.1 Å². The fraction of sp³-hybridized carbons (Fsp3) is 0.579. The molecule has 15 heteroatoms. The number of sulfonamides is 1. The van der Waals surface area contributed by atoms with Crippen LogP contribution in [0.4, 0.5) is 28.0 Å². The molecule has 1 saturated heterocycles. The molecule has 0 spiro atoms. The number of hydrogen-bond acceptors (Lipinski definition) is 7. The lowest BCUT2D eigenvalue weighted by Crippen LogP contribution is -2.46. The van der Waals surface area contributed by atoms with Crippen LogP contribution in [0.3, 0.4) is 0 Å². The Morgan fingerprint density at radius 3 is 2.32 bits per heavy atom. The highest BCUT2D eigenvalue weighted by atomic mass is 32.2. The van der Waals surface area contributed by atoms with Crippen LogP contribution >= 0.6 is 0 Å². The van der Waals surface area contributed by atoms with Gasteiger partial charge in [-0.2, -0.15) is 25.9 Å². The number of nitrogens with zero attached hydrogens (tertiary/aromatic N) is 2. The summed E-state index contributed by atoms with van der Waals surface area (Å²) in [4.78, 5) is 25.8. The van der Waals surface area contributed by atoms with Crippen molar-refractivity contribution in [2.24, 2.45) is 5.92 Å². The largest absolute Gasteiger partial charge is 0.517 e. The summed E-state index contributed by atoms with van der Waals surface area (Å²) in [6.45, 7) is 2.89. The van der Waals surface area contributed by atoms with E-state index in [2.05, 4.69) is 0 Å². The minimum Gasteiger partial charge on any atom is -0.448 e. The Morgan fingerprint density at radius 1 is 1.21 bits per heavy atom. The average molecular weight is 533 g/mol. The van der Waals surface area contributed by atoms with Crippen molar-refractivity contribution < 1.29 is 48.7 Å². The van der Waals surface area contributed by atoms with Crippen molar-refractivity contribution in [2.45, 2.75) is 44.2 Å². The second kappa shape index (κ2) is 9.68. The number of para-hydroxylation sites is 1. The van der Waals surface area contributed by atoms with Crippen molar-refractivity contribution in [3.05, 3.63) is 29.8 Å². The summed E-state index contributed by atoms with van der Waals surface area (Å²) in [6.07, 6.45) is -2.52. The zero-order valence-electron chi connectivity index (χ0n) is 18.5. The van der Waals surface area contributed by atoms with Gasteiger partial charge in [0, 0.05) is 19.5 Å². The molecule has 1 aliphatic rings. The van der Waals surface area contributed by atoms with Crippen molar-refractivity contribution in [3.63, 3.8) is 0 Å². The lowest BCUT2D eigenvalue weighted by atomic mass is 10.1. The lowest BCUT2D eigenvalue weighted by Gasteiger charge is -2.27. The van der Waals surface area contributed by atoms with Crippen molar-refractivity contribution >= 4 is 37.5 Å². The van der Waals surface area contributed by atoms with E-state index in [0.29, 0.717) is 0 Å². The Bertz CT molecular complexity index is 1150. The lowest BCUT2D eigenvalue weighted by molar-refractivity contribution is -0.133. The van der Waals surface area contributed by atoms with Gasteiger partial charge in [-0.05, 0) is 17.5 Å². The molecule has 0 N–H and O–H groups in total. The molecule has 2 rings (SSSR count). The number of amides is 2. The Hall–Kier alpha value is -2.42. The zero-order chi connectivity index (χ0) is 26.1. The fourth-order valence-electron chi connectivity index (χ4n) is 3.17. The molecule has 1 unspecified atom stereocenters. The van der Waals surface area contributed by atoms with Crippen LogP contribution < -0.4 is 4.31 Å². The summed E-state index contributed by atoms with van der Waals surface area (Å²) in [5.41, 5.74) is -6.91. The molecule has 1 aromatic carbocycles.